The standard InChI is InChI=1S/C11H16ClNO/c1-6(2)9-7(3)10(12)8(4)13-11(9)14-5/h6H,1-5H3. The molecule has 0 fully saturated rings. The third-order valence-corrected chi connectivity index (χ3v) is 2.88. The highest BCUT2D eigenvalue weighted by Crippen LogP contribution is 2.33. The fourth-order valence-corrected chi connectivity index (χ4v) is 1.79. The van der Waals surface area contributed by atoms with E-state index in [1.165, 1.54) is 0 Å². The molecule has 0 spiro atoms. The fraction of sp³-hybridized carbons (Fsp3) is 0.545. The molecule has 0 aliphatic heterocycles. The van der Waals surface area contributed by atoms with Crippen LogP contribution in [0.25, 0.3) is 0 Å². The van der Waals surface area contributed by atoms with Gasteiger partial charge in [0.2, 0.25) is 5.88 Å². The molecule has 2 nitrogen and oxygen atoms in total. The molecule has 1 heterocycles. The summed E-state index contributed by atoms with van der Waals surface area (Å²) in [5.41, 5.74) is 3.00. The van der Waals surface area contributed by atoms with Crippen LogP contribution in [0.1, 0.15) is 36.6 Å². The molecule has 0 saturated carbocycles. The summed E-state index contributed by atoms with van der Waals surface area (Å²) in [6, 6.07) is 0. The van der Waals surface area contributed by atoms with Gasteiger partial charge >= 0.3 is 0 Å². The molecule has 0 amide bonds. The summed E-state index contributed by atoms with van der Waals surface area (Å²) in [7, 11) is 1.64. The molecular weight excluding hydrogens is 198 g/mol. The molecule has 0 aliphatic rings. The van der Waals surface area contributed by atoms with Gasteiger partial charge < -0.3 is 4.74 Å². The van der Waals surface area contributed by atoms with Gasteiger partial charge in [0.1, 0.15) is 0 Å². The average molecular weight is 214 g/mol. The lowest BCUT2D eigenvalue weighted by Crippen LogP contribution is -2.02. The van der Waals surface area contributed by atoms with E-state index in [0.717, 1.165) is 21.8 Å². The number of aromatic nitrogens is 1. The number of nitrogens with zero attached hydrogens (tertiary/aromatic N) is 1. The Morgan fingerprint density at radius 3 is 2.29 bits per heavy atom. The van der Waals surface area contributed by atoms with E-state index >= 15 is 0 Å². The number of pyridine rings is 1. The number of ether oxygens (including phenoxy) is 1. The molecule has 0 aromatic carbocycles. The monoisotopic (exact) mass is 213 g/mol. The maximum absolute atomic E-state index is 6.14. The third-order valence-electron chi connectivity index (χ3n) is 2.32. The maximum atomic E-state index is 6.14. The highest BCUT2D eigenvalue weighted by molar-refractivity contribution is 6.32. The minimum Gasteiger partial charge on any atom is -0.481 e. The van der Waals surface area contributed by atoms with Crippen LogP contribution in [0, 0.1) is 13.8 Å². The van der Waals surface area contributed by atoms with Gasteiger partial charge in [-0.25, -0.2) is 4.98 Å². The van der Waals surface area contributed by atoms with E-state index < -0.39 is 0 Å². The van der Waals surface area contributed by atoms with E-state index in [0.29, 0.717) is 11.8 Å². The molecule has 1 aromatic heterocycles. The van der Waals surface area contributed by atoms with Gasteiger partial charge in [-0.2, -0.15) is 0 Å². The van der Waals surface area contributed by atoms with Crippen LogP contribution in [0.15, 0.2) is 0 Å². The van der Waals surface area contributed by atoms with Gasteiger partial charge in [-0.3, -0.25) is 0 Å². The summed E-state index contributed by atoms with van der Waals surface area (Å²) in [5, 5.41) is 0.745. The van der Waals surface area contributed by atoms with Gasteiger partial charge in [-0.15, -0.1) is 0 Å². The molecule has 0 aliphatic carbocycles. The number of aryl methyl sites for hydroxylation is 1. The highest BCUT2D eigenvalue weighted by Gasteiger charge is 2.16. The van der Waals surface area contributed by atoms with Gasteiger partial charge in [0.15, 0.2) is 0 Å². The van der Waals surface area contributed by atoms with Crippen LogP contribution in [0.3, 0.4) is 0 Å². The zero-order valence-corrected chi connectivity index (χ0v) is 10.1. The molecule has 0 N–H and O–H groups in total. The van der Waals surface area contributed by atoms with Crippen LogP contribution in [-0.2, 0) is 0 Å². The first-order valence-electron chi connectivity index (χ1n) is 4.69. The second-order valence-corrected chi connectivity index (χ2v) is 4.09. The van der Waals surface area contributed by atoms with Crippen LogP contribution in [-0.4, -0.2) is 12.1 Å². The number of hydrogen-bond acceptors (Lipinski definition) is 2. The molecule has 0 radical (unpaired) electrons. The summed E-state index contributed by atoms with van der Waals surface area (Å²) in [5.74, 6) is 1.06. The van der Waals surface area contributed by atoms with Crippen molar-refractivity contribution in [1.82, 2.24) is 4.98 Å². The SMILES string of the molecule is COc1nc(C)c(Cl)c(C)c1C(C)C. The molecule has 1 aromatic rings. The second-order valence-electron chi connectivity index (χ2n) is 3.71. The number of halogens is 1. The summed E-state index contributed by atoms with van der Waals surface area (Å²) in [6.07, 6.45) is 0. The Kier molecular flexibility index (Phi) is 3.38. The fourth-order valence-electron chi connectivity index (χ4n) is 1.65. The quantitative estimate of drug-likeness (QED) is 0.751. The van der Waals surface area contributed by atoms with Crippen LogP contribution >= 0.6 is 11.6 Å². The molecule has 78 valence electrons. The lowest BCUT2D eigenvalue weighted by molar-refractivity contribution is 0.388. The Labute approximate surface area is 90.3 Å². The van der Waals surface area contributed by atoms with Crippen molar-refractivity contribution in [3.8, 4) is 5.88 Å². The Morgan fingerprint density at radius 2 is 1.86 bits per heavy atom. The predicted octanol–water partition coefficient (Wildman–Crippen LogP) is 3.48. The van der Waals surface area contributed by atoms with Crippen molar-refractivity contribution in [3.63, 3.8) is 0 Å². The molecular formula is C11H16ClNO. The van der Waals surface area contributed by atoms with Crippen molar-refractivity contribution in [1.29, 1.82) is 0 Å². The maximum Gasteiger partial charge on any atom is 0.217 e. The molecule has 0 atom stereocenters. The van der Waals surface area contributed by atoms with Crippen molar-refractivity contribution in [2.24, 2.45) is 0 Å². The smallest absolute Gasteiger partial charge is 0.217 e. The average Bonchev–Trinajstić information content (AvgIpc) is 2.12. The van der Waals surface area contributed by atoms with Gasteiger partial charge in [0, 0.05) is 5.56 Å². The minimum atomic E-state index is 0.371. The van der Waals surface area contributed by atoms with E-state index in [4.69, 9.17) is 16.3 Å². The van der Waals surface area contributed by atoms with Crippen molar-refractivity contribution >= 4 is 11.6 Å². The van der Waals surface area contributed by atoms with Crippen molar-refractivity contribution in [2.75, 3.05) is 7.11 Å². The first kappa shape index (κ1) is 11.3. The Hall–Kier alpha value is -0.760. The lowest BCUT2D eigenvalue weighted by atomic mass is 9.99. The first-order valence-corrected chi connectivity index (χ1v) is 5.07. The van der Waals surface area contributed by atoms with Crippen molar-refractivity contribution < 1.29 is 4.74 Å². The van der Waals surface area contributed by atoms with Gasteiger partial charge in [0.05, 0.1) is 17.8 Å². The second kappa shape index (κ2) is 4.18. The van der Waals surface area contributed by atoms with Crippen LogP contribution in [0.5, 0.6) is 5.88 Å². The molecule has 0 unspecified atom stereocenters. The first-order chi connectivity index (χ1) is 6.49. The topological polar surface area (TPSA) is 22.1 Å². The number of hydrogen-bond donors (Lipinski definition) is 0. The van der Waals surface area contributed by atoms with Gasteiger partial charge in [-0.05, 0) is 25.3 Å². The van der Waals surface area contributed by atoms with Crippen LogP contribution in [0.2, 0.25) is 5.02 Å². The van der Waals surface area contributed by atoms with E-state index in [-0.39, 0.29) is 0 Å². The summed E-state index contributed by atoms with van der Waals surface area (Å²) in [4.78, 5) is 4.32. The molecule has 14 heavy (non-hydrogen) atoms. The number of rotatable bonds is 2. The lowest BCUT2D eigenvalue weighted by Gasteiger charge is -2.16. The summed E-state index contributed by atoms with van der Waals surface area (Å²) >= 11 is 6.14. The zero-order valence-electron chi connectivity index (χ0n) is 9.31. The Morgan fingerprint density at radius 1 is 1.29 bits per heavy atom. The van der Waals surface area contributed by atoms with Gasteiger partial charge in [0.25, 0.3) is 0 Å². The minimum absolute atomic E-state index is 0.371. The van der Waals surface area contributed by atoms with Crippen LogP contribution in [0.4, 0.5) is 0 Å². The summed E-state index contributed by atoms with van der Waals surface area (Å²) in [6.45, 7) is 8.12. The Balaban J connectivity index is 3.45. The Bertz CT molecular complexity index is 348. The predicted molar refractivity (Wildman–Crippen MR) is 59.4 cm³/mol. The van der Waals surface area contributed by atoms with Crippen molar-refractivity contribution in [2.45, 2.75) is 33.6 Å². The normalized spacial score (nSPS) is 10.8. The third kappa shape index (κ3) is 1.85. The van der Waals surface area contributed by atoms with E-state index in [9.17, 15) is 0 Å². The van der Waals surface area contributed by atoms with E-state index in [1.54, 1.807) is 7.11 Å². The van der Waals surface area contributed by atoms with Gasteiger partial charge in [-0.1, -0.05) is 25.4 Å². The summed E-state index contributed by atoms with van der Waals surface area (Å²) < 4.78 is 5.25. The largest absolute Gasteiger partial charge is 0.481 e. The van der Waals surface area contributed by atoms with Crippen LogP contribution < -0.4 is 4.74 Å². The highest BCUT2D eigenvalue weighted by atomic mass is 35.5. The number of methoxy groups -OCH3 is 1. The van der Waals surface area contributed by atoms with E-state index in [1.807, 2.05) is 13.8 Å². The zero-order chi connectivity index (χ0) is 10.9. The molecule has 0 saturated heterocycles. The molecule has 0 bridgehead atoms. The van der Waals surface area contributed by atoms with E-state index in [2.05, 4.69) is 18.8 Å². The molecule has 3 heteroatoms. The molecule has 1 rings (SSSR count). The van der Waals surface area contributed by atoms with Crippen molar-refractivity contribution in [3.05, 3.63) is 21.8 Å².